The topological polar surface area (TPSA) is 47.3 Å². The van der Waals surface area contributed by atoms with Gasteiger partial charge in [0.15, 0.2) is 0 Å². The van der Waals surface area contributed by atoms with Gasteiger partial charge in [0.2, 0.25) is 0 Å². The maximum absolute atomic E-state index is 13.4. The molecule has 0 aliphatic rings. The normalized spacial score (nSPS) is 12.2. The van der Waals surface area contributed by atoms with E-state index >= 15 is 0 Å². The number of benzene rings is 2. The monoisotopic (exact) mass is 294 g/mol. The van der Waals surface area contributed by atoms with Crippen LogP contribution in [0.2, 0.25) is 5.02 Å². The summed E-state index contributed by atoms with van der Waals surface area (Å²) in [5.41, 5.74) is 4.05. The second kappa shape index (κ2) is 6.70. The van der Waals surface area contributed by atoms with Crippen LogP contribution in [0.25, 0.3) is 0 Å². The Balaban J connectivity index is 2.49. The van der Waals surface area contributed by atoms with Crippen molar-refractivity contribution < 1.29 is 9.13 Å². The fourth-order valence-corrected chi connectivity index (χ4v) is 2.32. The van der Waals surface area contributed by atoms with Crippen LogP contribution < -0.4 is 16.0 Å². The Bertz CT molecular complexity index is 592. The zero-order valence-corrected chi connectivity index (χ0v) is 11.8. The van der Waals surface area contributed by atoms with E-state index in [2.05, 4.69) is 5.43 Å². The zero-order valence-electron chi connectivity index (χ0n) is 11.1. The lowest BCUT2D eigenvalue weighted by Gasteiger charge is -2.21. The lowest BCUT2D eigenvalue weighted by atomic mass is 9.98. The van der Waals surface area contributed by atoms with Gasteiger partial charge in [-0.25, -0.2) is 9.82 Å². The summed E-state index contributed by atoms with van der Waals surface area (Å²) < 4.78 is 19.0. The van der Waals surface area contributed by atoms with Crippen molar-refractivity contribution in [2.75, 3.05) is 6.61 Å². The Kier molecular flexibility index (Phi) is 4.95. The Morgan fingerprint density at radius 1 is 1.25 bits per heavy atom. The molecule has 2 aromatic carbocycles. The summed E-state index contributed by atoms with van der Waals surface area (Å²) in [5, 5.41) is 0.445. The summed E-state index contributed by atoms with van der Waals surface area (Å²) in [5.74, 6) is 5.96. The molecule has 3 N–H and O–H groups in total. The van der Waals surface area contributed by atoms with Gasteiger partial charge in [0, 0.05) is 10.6 Å². The van der Waals surface area contributed by atoms with E-state index in [1.807, 2.05) is 31.2 Å². The molecule has 0 bridgehead atoms. The van der Waals surface area contributed by atoms with E-state index in [-0.39, 0.29) is 5.82 Å². The number of hydrogen-bond donors (Lipinski definition) is 2. The summed E-state index contributed by atoms with van der Waals surface area (Å²) >= 11 is 6.15. The number of hydrogen-bond acceptors (Lipinski definition) is 3. The van der Waals surface area contributed by atoms with E-state index in [4.69, 9.17) is 22.2 Å². The first kappa shape index (κ1) is 14.8. The molecule has 0 amide bonds. The lowest BCUT2D eigenvalue weighted by molar-refractivity contribution is 0.333. The SMILES string of the molecule is CCOc1ccccc1C(NN)c1cc(F)ccc1Cl. The van der Waals surface area contributed by atoms with Gasteiger partial charge in [-0.15, -0.1) is 0 Å². The van der Waals surface area contributed by atoms with Crippen LogP contribution in [0.1, 0.15) is 24.1 Å². The Morgan fingerprint density at radius 3 is 2.70 bits per heavy atom. The van der Waals surface area contributed by atoms with E-state index in [1.54, 1.807) is 0 Å². The van der Waals surface area contributed by atoms with Gasteiger partial charge in [-0.05, 0) is 36.8 Å². The average molecular weight is 295 g/mol. The van der Waals surface area contributed by atoms with Crippen molar-refractivity contribution >= 4 is 11.6 Å². The van der Waals surface area contributed by atoms with Crippen molar-refractivity contribution in [1.82, 2.24) is 5.43 Å². The van der Waals surface area contributed by atoms with Crippen LogP contribution in [-0.4, -0.2) is 6.61 Å². The van der Waals surface area contributed by atoms with E-state index in [0.29, 0.717) is 22.9 Å². The van der Waals surface area contributed by atoms with Crippen LogP contribution in [0.15, 0.2) is 42.5 Å². The van der Waals surface area contributed by atoms with Gasteiger partial charge in [0.1, 0.15) is 11.6 Å². The number of rotatable bonds is 5. The highest BCUT2D eigenvalue weighted by atomic mass is 35.5. The van der Waals surface area contributed by atoms with Crippen LogP contribution in [-0.2, 0) is 0 Å². The lowest BCUT2D eigenvalue weighted by Crippen LogP contribution is -2.29. The molecule has 0 aromatic heterocycles. The van der Waals surface area contributed by atoms with Gasteiger partial charge in [-0.2, -0.15) is 0 Å². The minimum absolute atomic E-state index is 0.362. The van der Waals surface area contributed by atoms with E-state index in [0.717, 1.165) is 5.56 Å². The van der Waals surface area contributed by atoms with E-state index < -0.39 is 6.04 Å². The van der Waals surface area contributed by atoms with Gasteiger partial charge in [-0.3, -0.25) is 5.84 Å². The molecule has 2 aromatic rings. The molecule has 5 heteroatoms. The minimum atomic E-state index is -0.444. The Labute approximate surface area is 122 Å². The largest absolute Gasteiger partial charge is 0.494 e. The van der Waals surface area contributed by atoms with Gasteiger partial charge >= 0.3 is 0 Å². The summed E-state index contributed by atoms with van der Waals surface area (Å²) in [6, 6.07) is 11.2. The van der Waals surface area contributed by atoms with Gasteiger partial charge in [-0.1, -0.05) is 29.8 Å². The van der Waals surface area contributed by atoms with Crippen molar-refractivity contribution in [3.8, 4) is 5.75 Å². The van der Waals surface area contributed by atoms with E-state index in [1.165, 1.54) is 18.2 Å². The highest BCUT2D eigenvalue weighted by Gasteiger charge is 2.19. The fourth-order valence-electron chi connectivity index (χ4n) is 2.09. The summed E-state index contributed by atoms with van der Waals surface area (Å²) in [7, 11) is 0. The van der Waals surface area contributed by atoms with Gasteiger partial charge in [0.05, 0.1) is 12.6 Å². The molecule has 0 saturated carbocycles. The molecule has 0 saturated heterocycles. The number of para-hydroxylation sites is 1. The van der Waals surface area contributed by atoms with Crippen LogP contribution in [0.3, 0.4) is 0 Å². The molecule has 0 fully saturated rings. The van der Waals surface area contributed by atoms with Crippen molar-refractivity contribution in [2.24, 2.45) is 5.84 Å². The number of nitrogens with two attached hydrogens (primary N) is 1. The molecule has 3 nitrogen and oxygen atoms in total. The maximum atomic E-state index is 13.4. The summed E-state index contributed by atoms with van der Waals surface area (Å²) in [6.45, 7) is 2.43. The first-order valence-corrected chi connectivity index (χ1v) is 6.68. The summed E-state index contributed by atoms with van der Waals surface area (Å²) in [6.07, 6.45) is 0. The molecule has 0 heterocycles. The van der Waals surface area contributed by atoms with Crippen LogP contribution in [0.4, 0.5) is 4.39 Å². The maximum Gasteiger partial charge on any atom is 0.124 e. The number of ether oxygens (including phenoxy) is 1. The molecule has 0 aliphatic heterocycles. The van der Waals surface area contributed by atoms with Crippen LogP contribution in [0.5, 0.6) is 5.75 Å². The molecule has 1 atom stereocenters. The average Bonchev–Trinajstić information content (AvgIpc) is 2.45. The molecule has 0 spiro atoms. The highest BCUT2D eigenvalue weighted by Crippen LogP contribution is 2.33. The number of hydrazine groups is 1. The third-order valence-electron chi connectivity index (χ3n) is 2.97. The quantitative estimate of drug-likeness (QED) is 0.656. The summed E-state index contributed by atoms with van der Waals surface area (Å²) in [4.78, 5) is 0. The second-order valence-electron chi connectivity index (χ2n) is 4.24. The molecular weight excluding hydrogens is 279 g/mol. The standard InChI is InChI=1S/C15H16ClFN2O/c1-2-20-14-6-4-3-5-11(14)15(19-18)12-9-10(17)7-8-13(12)16/h3-9,15,19H,2,18H2,1H3. The highest BCUT2D eigenvalue weighted by molar-refractivity contribution is 6.31. The predicted octanol–water partition coefficient (Wildman–Crippen LogP) is 3.43. The third kappa shape index (κ3) is 3.10. The molecule has 106 valence electrons. The van der Waals surface area contributed by atoms with E-state index in [9.17, 15) is 4.39 Å². The Morgan fingerprint density at radius 2 is 2.00 bits per heavy atom. The smallest absolute Gasteiger partial charge is 0.124 e. The van der Waals surface area contributed by atoms with Crippen molar-refractivity contribution in [3.05, 3.63) is 64.4 Å². The third-order valence-corrected chi connectivity index (χ3v) is 3.31. The van der Waals surface area contributed by atoms with Gasteiger partial charge < -0.3 is 4.74 Å². The zero-order chi connectivity index (χ0) is 14.5. The molecule has 1 unspecified atom stereocenters. The number of nitrogens with one attached hydrogen (secondary N) is 1. The molecule has 20 heavy (non-hydrogen) atoms. The molecule has 0 radical (unpaired) electrons. The minimum Gasteiger partial charge on any atom is -0.494 e. The van der Waals surface area contributed by atoms with Crippen molar-refractivity contribution in [2.45, 2.75) is 13.0 Å². The Hall–Kier alpha value is -1.62. The fraction of sp³-hybridized carbons (Fsp3) is 0.200. The predicted molar refractivity (Wildman–Crippen MR) is 78.2 cm³/mol. The van der Waals surface area contributed by atoms with Crippen molar-refractivity contribution in [1.29, 1.82) is 0 Å². The first-order valence-electron chi connectivity index (χ1n) is 6.30. The number of halogens is 2. The molecular formula is C15H16ClFN2O. The van der Waals surface area contributed by atoms with Crippen LogP contribution in [0, 0.1) is 5.82 Å². The van der Waals surface area contributed by atoms with Crippen molar-refractivity contribution in [3.63, 3.8) is 0 Å². The van der Waals surface area contributed by atoms with Gasteiger partial charge in [0.25, 0.3) is 0 Å². The molecule has 2 rings (SSSR count). The molecule has 0 aliphatic carbocycles. The van der Waals surface area contributed by atoms with Crippen LogP contribution >= 0.6 is 11.6 Å². The second-order valence-corrected chi connectivity index (χ2v) is 4.64. The first-order chi connectivity index (χ1) is 9.67.